The van der Waals surface area contributed by atoms with Crippen LogP contribution in [-0.4, -0.2) is 87.5 Å². The number of carbonyl (C=O) groups excluding carboxylic acids is 1. The second kappa shape index (κ2) is 66.3. The van der Waals surface area contributed by atoms with Gasteiger partial charge in [-0.15, -0.1) is 0 Å². The summed E-state index contributed by atoms with van der Waals surface area (Å²) in [5, 5.41) is 54.8. The van der Waals surface area contributed by atoms with Crippen LogP contribution >= 0.6 is 0 Å². The lowest BCUT2D eigenvalue weighted by molar-refractivity contribution is -0.302. The standard InChI is InChI=1S/C78H141NO8/c1-3-5-7-9-11-13-15-17-19-21-23-25-27-29-30-31-32-33-34-35-36-37-38-39-40-41-42-44-46-48-50-52-54-56-58-60-62-64-66-68-74(82)79-71(70-86-78-77(85)76(84)75(83)73(69-80)87-78)72(81)67-65-63-61-59-57-55-53-51-49-47-45-43-28-26-24-22-20-18-16-14-12-10-8-6-4-2/h5,7,11,13,17,19,23,25,49,51,57,59,65,67,71-73,75-78,80-81,83-85H,3-4,6,8-10,12,14-16,18,20-22,24,26-48,50,52-56,58,60-64,66,68-70H2,1-2H3,(H,79,82)/b7-5-,13-11-,19-17-,25-23-,51-49+,59-57+,67-65+. The normalized spacial score (nSPS) is 18.4. The SMILES string of the molecule is CC/C=C\C/C=C\C/C=C\C/C=C\CCCCCCCCCCCCCCCCCCCCCCCCCCCCC(=O)NC(COC1OC(CO)C(O)C(O)C1O)C(O)/C=C/CC/C=C/CC/C=C/CCCCCCCCCCCCCCCCC. The van der Waals surface area contributed by atoms with E-state index in [1.165, 1.54) is 257 Å². The first-order valence-electron chi connectivity index (χ1n) is 37.3. The van der Waals surface area contributed by atoms with Crippen LogP contribution in [0.3, 0.4) is 0 Å². The zero-order chi connectivity index (χ0) is 62.8. The van der Waals surface area contributed by atoms with Gasteiger partial charge in [-0.05, 0) is 83.5 Å². The minimum absolute atomic E-state index is 0.186. The molecule has 0 spiro atoms. The average Bonchev–Trinajstić information content (AvgIpc) is 3.38. The number of hydrogen-bond acceptors (Lipinski definition) is 8. The zero-order valence-electron chi connectivity index (χ0n) is 56.8. The highest BCUT2D eigenvalue weighted by Gasteiger charge is 2.44. The second-order valence-electron chi connectivity index (χ2n) is 25.7. The average molecular weight is 1220 g/mol. The van der Waals surface area contributed by atoms with E-state index >= 15 is 0 Å². The van der Waals surface area contributed by atoms with Crippen LogP contribution in [0.15, 0.2) is 85.1 Å². The molecule has 7 unspecified atom stereocenters. The van der Waals surface area contributed by atoms with E-state index < -0.39 is 49.5 Å². The largest absolute Gasteiger partial charge is 0.394 e. The number of amides is 1. The number of ether oxygens (including phenoxy) is 2. The molecule has 0 radical (unpaired) electrons. The van der Waals surface area contributed by atoms with E-state index in [0.717, 1.165) is 70.6 Å². The molecule has 9 heteroatoms. The van der Waals surface area contributed by atoms with Gasteiger partial charge in [0.1, 0.15) is 24.4 Å². The molecule has 1 fully saturated rings. The predicted octanol–water partition coefficient (Wildman–Crippen LogP) is 20.9. The van der Waals surface area contributed by atoms with E-state index in [1.54, 1.807) is 6.08 Å². The highest BCUT2D eigenvalue weighted by molar-refractivity contribution is 5.76. The van der Waals surface area contributed by atoms with E-state index in [2.05, 4.69) is 92.1 Å². The Labute approximate surface area is 537 Å². The van der Waals surface area contributed by atoms with E-state index in [9.17, 15) is 30.3 Å². The smallest absolute Gasteiger partial charge is 0.220 e. The van der Waals surface area contributed by atoms with Crippen LogP contribution < -0.4 is 5.32 Å². The lowest BCUT2D eigenvalue weighted by atomic mass is 9.99. The Balaban J connectivity index is 2.09. The van der Waals surface area contributed by atoms with E-state index in [1.807, 2.05) is 6.08 Å². The molecule has 87 heavy (non-hydrogen) atoms. The summed E-state index contributed by atoms with van der Waals surface area (Å²) in [6.07, 6.45) is 88.6. The minimum atomic E-state index is -1.58. The van der Waals surface area contributed by atoms with Gasteiger partial charge in [0.05, 0.1) is 25.4 Å². The summed E-state index contributed by atoms with van der Waals surface area (Å²) in [5.41, 5.74) is 0. The zero-order valence-corrected chi connectivity index (χ0v) is 56.8. The third-order valence-electron chi connectivity index (χ3n) is 17.4. The maximum absolute atomic E-state index is 13.1. The van der Waals surface area contributed by atoms with Crippen LogP contribution in [0.5, 0.6) is 0 Å². The Bertz CT molecular complexity index is 1650. The summed E-state index contributed by atoms with van der Waals surface area (Å²) in [7, 11) is 0. The Kier molecular flexibility index (Phi) is 62.8. The third kappa shape index (κ3) is 54.8. The molecule has 506 valence electrons. The molecule has 0 aromatic rings. The number of nitrogens with one attached hydrogen (secondary N) is 1. The van der Waals surface area contributed by atoms with Gasteiger partial charge in [-0.2, -0.15) is 0 Å². The molecule has 0 aromatic carbocycles. The van der Waals surface area contributed by atoms with Gasteiger partial charge in [-0.1, -0.05) is 343 Å². The molecule has 1 amide bonds. The monoisotopic (exact) mass is 1220 g/mol. The molecule has 1 heterocycles. The molecular formula is C78H141NO8. The van der Waals surface area contributed by atoms with Crippen molar-refractivity contribution in [3.63, 3.8) is 0 Å². The first kappa shape index (κ1) is 82.4. The van der Waals surface area contributed by atoms with Crippen molar-refractivity contribution in [2.75, 3.05) is 13.2 Å². The predicted molar refractivity (Wildman–Crippen MR) is 373 cm³/mol. The Hall–Kier alpha value is -2.63. The van der Waals surface area contributed by atoms with E-state index in [4.69, 9.17) is 9.47 Å². The number of allylic oxidation sites excluding steroid dienone is 13. The van der Waals surface area contributed by atoms with Crippen LogP contribution in [0, 0.1) is 0 Å². The van der Waals surface area contributed by atoms with Crippen molar-refractivity contribution in [3.8, 4) is 0 Å². The number of unbranched alkanes of at least 4 members (excludes halogenated alkanes) is 43. The van der Waals surface area contributed by atoms with Crippen LogP contribution in [0.4, 0.5) is 0 Å². The highest BCUT2D eigenvalue weighted by Crippen LogP contribution is 2.23. The molecule has 1 rings (SSSR count). The molecule has 1 saturated heterocycles. The first-order chi connectivity index (χ1) is 42.8. The van der Waals surface area contributed by atoms with Gasteiger partial charge < -0.3 is 40.3 Å². The molecule has 0 aliphatic carbocycles. The quantitative estimate of drug-likeness (QED) is 0.0261. The fourth-order valence-electron chi connectivity index (χ4n) is 11.7. The lowest BCUT2D eigenvalue weighted by Gasteiger charge is -2.40. The van der Waals surface area contributed by atoms with Gasteiger partial charge in [0.15, 0.2) is 6.29 Å². The fourth-order valence-corrected chi connectivity index (χ4v) is 11.7. The molecule has 0 aromatic heterocycles. The summed E-state index contributed by atoms with van der Waals surface area (Å²) in [4.78, 5) is 13.1. The van der Waals surface area contributed by atoms with Crippen LogP contribution in [0.2, 0.25) is 0 Å². The van der Waals surface area contributed by atoms with Crippen molar-refractivity contribution in [3.05, 3.63) is 85.1 Å². The number of aliphatic hydroxyl groups is 5. The van der Waals surface area contributed by atoms with Crippen LogP contribution in [-0.2, 0) is 14.3 Å². The van der Waals surface area contributed by atoms with E-state index in [0.29, 0.717) is 6.42 Å². The minimum Gasteiger partial charge on any atom is -0.394 e. The maximum Gasteiger partial charge on any atom is 0.220 e. The first-order valence-corrected chi connectivity index (χ1v) is 37.3. The third-order valence-corrected chi connectivity index (χ3v) is 17.4. The number of aliphatic hydroxyl groups excluding tert-OH is 5. The van der Waals surface area contributed by atoms with Crippen molar-refractivity contribution in [1.29, 1.82) is 0 Å². The summed E-state index contributed by atoms with van der Waals surface area (Å²) in [6, 6.07) is -0.831. The van der Waals surface area contributed by atoms with Crippen LogP contribution in [0.1, 0.15) is 348 Å². The number of rotatable bonds is 65. The van der Waals surface area contributed by atoms with Crippen molar-refractivity contribution in [2.45, 2.75) is 391 Å². The second-order valence-corrected chi connectivity index (χ2v) is 25.7. The summed E-state index contributed by atoms with van der Waals surface area (Å²) in [6.45, 7) is 3.69. The lowest BCUT2D eigenvalue weighted by Crippen LogP contribution is -2.60. The fraction of sp³-hybridized carbons (Fsp3) is 0.808. The van der Waals surface area contributed by atoms with Gasteiger partial charge in [0.2, 0.25) is 5.91 Å². The van der Waals surface area contributed by atoms with Crippen molar-refractivity contribution in [2.24, 2.45) is 0 Å². The van der Waals surface area contributed by atoms with Gasteiger partial charge in [0, 0.05) is 6.42 Å². The van der Waals surface area contributed by atoms with Crippen molar-refractivity contribution >= 4 is 5.91 Å². The molecule has 7 atom stereocenters. The molecule has 0 saturated carbocycles. The molecule has 1 aliphatic heterocycles. The molecular weight excluding hydrogens is 1080 g/mol. The van der Waals surface area contributed by atoms with Gasteiger partial charge in [0.25, 0.3) is 0 Å². The summed E-state index contributed by atoms with van der Waals surface area (Å²) in [5.74, 6) is -0.186. The van der Waals surface area contributed by atoms with E-state index in [-0.39, 0.29) is 12.5 Å². The van der Waals surface area contributed by atoms with Crippen LogP contribution in [0.25, 0.3) is 0 Å². The molecule has 9 nitrogen and oxygen atoms in total. The number of carbonyl (C=O) groups is 1. The molecule has 6 N–H and O–H groups in total. The Morgan fingerprint density at radius 3 is 1.10 bits per heavy atom. The van der Waals surface area contributed by atoms with Gasteiger partial charge >= 0.3 is 0 Å². The van der Waals surface area contributed by atoms with Gasteiger partial charge in [-0.3, -0.25) is 4.79 Å². The topological polar surface area (TPSA) is 149 Å². The summed E-state index contributed by atoms with van der Waals surface area (Å²) < 4.78 is 11.3. The maximum atomic E-state index is 13.1. The molecule has 1 aliphatic rings. The Morgan fingerprint density at radius 2 is 0.724 bits per heavy atom. The summed E-state index contributed by atoms with van der Waals surface area (Å²) >= 11 is 0. The number of hydrogen-bond donors (Lipinski definition) is 6. The van der Waals surface area contributed by atoms with Gasteiger partial charge in [-0.25, -0.2) is 0 Å². The highest BCUT2D eigenvalue weighted by atomic mass is 16.7. The van der Waals surface area contributed by atoms with Crippen molar-refractivity contribution in [1.82, 2.24) is 5.32 Å². The Morgan fingerprint density at radius 1 is 0.402 bits per heavy atom. The van der Waals surface area contributed by atoms with Crippen molar-refractivity contribution < 1.29 is 39.8 Å². The molecule has 0 bridgehead atoms.